The summed E-state index contributed by atoms with van der Waals surface area (Å²) in [5.74, 6) is -1.02. The van der Waals surface area contributed by atoms with E-state index in [2.05, 4.69) is 41.3 Å². The number of thioether (sulfide) groups is 1. The van der Waals surface area contributed by atoms with E-state index in [9.17, 15) is 57.9 Å². The number of hydrogen-bond acceptors (Lipinski definition) is 18. The number of aromatic nitrogens is 4. The number of carbonyl (C=O) groups is 3. The molecule has 1 aliphatic heterocycles. The van der Waals surface area contributed by atoms with E-state index in [0.717, 1.165) is 48.2 Å². The molecule has 2 unspecified atom stereocenters. The van der Waals surface area contributed by atoms with Crippen LogP contribution in [0.1, 0.15) is 119 Å². The number of imidazole rings is 1. The summed E-state index contributed by atoms with van der Waals surface area (Å²) in [6, 6.07) is 0. The molecule has 3 heterocycles. The Balaban J connectivity index is 0.0000141. The first-order chi connectivity index (χ1) is 29.6. The van der Waals surface area contributed by atoms with Gasteiger partial charge in [-0.05, 0) is 6.42 Å². The van der Waals surface area contributed by atoms with Crippen LogP contribution in [-0.4, -0.2) is 123 Å². The summed E-state index contributed by atoms with van der Waals surface area (Å²) in [5, 5.41) is 26.6. The van der Waals surface area contributed by atoms with E-state index in [1.165, 1.54) is 65.2 Å². The molecule has 0 saturated carbocycles. The van der Waals surface area contributed by atoms with Gasteiger partial charge in [0.25, 0.3) is 0 Å². The van der Waals surface area contributed by atoms with Crippen molar-refractivity contribution >= 4 is 69.1 Å². The maximum Gasteiger partial charge on any atom is 1.00 e. The molecule has 7 atom stereocenters. The van der Waals surface area contributed by atoms with Crippen LogP contribution in [0.15, 0.2) is 12.7 Å². The summed E-state index contributed by atoms with van der Waals surface area (Å²) < 4.78 is 62.3. The van der Waals surface area contributed by atoms with E-state index in [1.54, 1.807) is 0 Å². The number of amides is 2. The predicted molar refractivity (Wildman–Crippen MR) is 236 cm³/mol. The van der Waals surface area contributed by atoms with Crippen molar-refractivity contribution in [3.63, 3.8) is 0 Å². The summed E-state index contributed by atoms with van der Waals surface area (Å²) >= 11 is 1.15. The molecule has 3 rings (SSSR count). The van der Waals surface area contributed by atoms with Crippen molar-refractivity contribution in [2.75, 3.05) is 37.8 Å². The molecule has 0 bridgehead atoms. The maximum absolute atomic E-state index is 12.7. The maximum atomic E-state index is 12.7. The summed E-state index contributed by atoms with van der Waals surface area (Å²) in [6.45, 7) is 2.79. The van der Waals surface area contributed by atoms with Crippen LogP contribution in [0.4, 0.5) is 5.82 Å². The largest absolute Gasteiger partial charge is 1.00 e. The summed E-state index contributed by atoms with van der Waals surface area (Å²) in [4.78, 5) is 88.2. The normalized spacial score (nSPS) is 20.0. The number of ether oxygens (including phenoxy) is 1. The number of nitrogens with two attached hydrogens (primary N) is 1. The number of hydrogen-bond donors (Lipinski definition) is 9. The monoisotopic (exact) mass is 1000 g/mol. The molecule has 2 aromatic rings. The van der Waals surface area contributed by atoms with Gasteiger partial charge in [0.05, 0.1) is 19.5 Å². The van der Waals surface area contributed by atoms with Gasteiger partial charge in [0, 0.05) is 37.1 Å². The van der Waals surface area contributed by atoms with E-state index in [4.69, 9.17) is 19.5 Å². The van der Waals surface area contributed by atoms with Gasteiger partial charge in [0.15, 0.2) is 22.8 Å². The van der Waals surface area contributed by atoms with E-state index >= 15 is 0 Å². The smallest absolute Gasteiger partial charge is 1.00 e. The zero-order valence-electron chi connectivity index (χ0n) is 37.6. The summed E-state index contributed by atoms with van der Waals surface area (Å²) in [7, 11) is -16.4. The predicted octanol–water partition coefficient (Wildman–Crippen LogP) is 1.12. The fraction of sp³-hybridized carbons (Fsp3) is 0.778. The Morgan fingerprint density at radius 3 is 2.14 bits per heavy atom. The third-order valence-corrected chi connectivity index (χ3v) is 13.8. The Morgan fingerprint density at radius 1 is 0.923 bits per heavy atom. The van der Waals surface area contributed by atoms with Crippen LogP contribution < -0.4 is 35.2 Å². The van der Waals surface area contributed by atoms with Gasteiger partial charge in [-0.15, -0.1) is 0 Å². The van der Waals surface area contributed by atoms with Crippen LogP contribution in [0.25, 0.3) is 11.2 Å². The number of aliphatic hydroxyl groups excluding tert-OH is 2. The molecule has 2 aromatic heterocycles. The second kappa shape index (κ2) is 29.2. The number of rotatable bonds is 31. The van der Waals surface area contributed by atoms with Gasteiger partial charge < -0.3 is 52.3 Å². The average Bonchev–Trinajstić information content (AvgIpc) is 3.76. The van der Waals surface area contributed by atoms with Crippen molar-refractivity contribution in [3.05, 3.63) is 12.7 Å². The quantitative estimate of drug-likeness (QED) is 0.0290. The van der Waals surface area contributed by atoms with Crippen molar-refractivity contribution < 1.29 is 101 Å². The standard InChI is InChI=1S/C35H62N7O17P3S.CH4.Li.H/c1-4-5-6-7-8-9-10-11-12-13-14-15-26(44)63-19-18-37-25(43)16-17-38-33(47)30(46)35(2,3)21-56-62(53,54)59-61(51,52)55-20-24-29(58-60(48,49)50)28(45)34(57-24)42-23-41-27-31(36)39-22-40-32(27)42;;;/h22-24,28-30,34,45-46H,4-21H2,1-3H3,(H,37,43)(H,38,47)(H,51,52)(H,53,54)(H2,36,39,40)(H2,48,49,50);1H4;;/q;;+1;-1/t24-,28-,29-,30+,34-;;;/m1.../s1. The van der Waals surface area contributed by atoms with Crippen molar-refractivity contribution in [1.29, 1.82) is 0 Å². The molecule has 0 aliphatic carbocycles. The van der Waals surface area contributed by atoms with Crippen LogP contribution in [0.3, 0.4) is 0 Å². The molecule has 0 radical (unpaired) electrons. The van der Waals surface area contributed by atoms with Gasteiger partial charge in [-0.1, -0.05) is 104 Å². The van der Waals surface area contributed by atoms with E-state index < -0.39 is 84.6 Å². The molecule has 2 amide bonds. The van der Waals surface area contributed by atoms with Crippen molar-refractivity contribution in [3.8, 4) is 0 Å². The number of carbonyl (C=O) groups excluding carboxylic acids is 3. The second-order valence-corrected chi connectivity index (χ2v) is 21.0. The SMILES string of the molecule is C.CCCCCCCCCCCCCC(=O)SCCNC(=O)CCNC(=O)[C@H](O)C(C)(C)COP(=O)(O)OP(=O)(O)OC[C@H]1O[C@@H](n2cnc3c(N)ncnc32)[C@H](O)[C@@H]1OP(=O)(O)O.[H-].[Li+]. The number of anilines is 1. The summed E-state index contributed by atoms with van der Waals surface area (Å²) in [6.07, 6.45) is 6.75. The molecule has 10 N–H and O–H groups in total. The van der Waals surface area contributed by atoms with Crippen LogP contribution in [0.2, 0.25) is 0 Å². The van der Waals surface area contributed by atoms with Crippen LogP contribution in [0, 0.1) is 5.41 Å². The van der Waals surface area contributed by atoms with Crippen LogP contribution in [0.5, 0.6) is 0 Å². The zero-order chi connectivity index (χ0) is 46.8. The minimum Gasteiger partial charge on any atom is -1.00 e. The molecule has 1 aliphatic rings. The molecule has 29 heteroatoms. The first-order valence-electron chi connectivity index (χ1n) is 20.6. The van der Waals surface area contributed by atoms with Crippen molar-refractivity contribution in [2.24, 2.45) is 5.41 Å². The van der Waals surface area contributed by atoms with E-state index in [-0.39, 0.29) is 69.3 Å². The average molecular weight is 1000 g/mol. The molecule has 370 valence electrons. The van der Waals surface area contributed by atoms with Gasteiger partial charge in [0.1, 0.15) is 36.3 Å². The topological polar surface area (TPSA) is 364 Å². The number of aliphatic hydroxyl groups is 2. The number of nitrogens with one attached hydrogen (secondary N) is 2. The number of nitrogens with zero attached hydrogens (tertiary/aromatic N) is 4. The number of unbranched alkanes of at least 4 members (excludes halogenated alkanes) is 10. The molecular formula is C36H67LiN7O17P3S. The van der Waals surface area contributed by atoms with Gasteiger partial charge in [0.2, 0.25) is 11.8 Å². The Hall–Kier alpha value is -1.84. The minimum atomic E-state index is -5.57. The van der Waals surface area contributed by atoms with Gasteiger partial charge in [-0.2, -0.15) is 4.31 Å². The minimum absolute atomic E-state index is 0. The van der Waals surface area contributed by atoms with Crippen molar-refractivity contribution in [1.82, 2.24) is 30.2 Å². The van der Waals surface area contributed by atoms with E-state index in [0.29, 0.717) is 12.2 Å². The molecule has 1 fully saturated rings. The molecule has 0 aromatic carbocycles. The first-order valence-corrected chi connectivity index (χ1v) is 26.1. The number of nitrogen functional groups attached to an aromatic ring is 1. The fourth-order valence-corrected chi connectivity index (χ4v) is 9.85. The second-order valence-electron chi connectivity index (χ2n) is 15.6. The Labute approximate surface area is 396 Å². The molecule has 65 heavy (non-hydrogen) atoms. The fourth-order valence-electron chi connectivity index (χ4n) is 6.30. The van der Waals surface area contributed by atoms with Crippen LogP contribution in [-0.2, 0) is 50.7 Å². The molecular weight excluding hydrogens is 934 g/mol. The van der Waals surface area contributed by atoms with Gasteiger partial charge >= 0.3 is 42.3 Å². The molecule has 24 nitrogen and oxygen atoms in total. The number of fused-ring (bicyclic) bond motifs is 1. The summed E-state index contributed by atoms with van der Waals surface area (Å²) in [5.41, 5.74) is 4.29. The third-order valence-electron chi connectivity index (χ3n) is 9.75. The van der Waals surface area contributed by atoms with Gasteiger partial charge in [-0.3, -0.25) is 32.5 Å². The number of phosphoric ester groups is 3. The Bertz CT molecular complexity index is 1940. The molecule has 0 spiro atoms. The van der Waals surface area contributed by atoms with Crippen LogP contribution >= 0.6 is 35.2 Å². The molecule has 1 saturated heterocycles. The Kier molecular flexibility index (Phi) is 27.5. The zero-order valence-corrected chi connectivity index (χ0v) is 40.1. The van der Waals surface area contributed by atoms with Gasteiger partial charge in [-0.25, -0.2) is 28.6 Å². The van der Waals surface area contributed by atoms with E-state index in [1.807, 2.05) is 0 Å². The third kappa shape index (κ3) is 22.0. The first kappa shape index (κ1) is 61.2. The van der Waals surface area contributed by atoms with Crippen molar-refractivity contribution in [2.45, 2.75) is 142 Å². The Morgan fingerprint density at radius 2 is 1.52 bits per heavy atom. The number of phosphoric acid groups is 3.